The summed E-state index contributed by atoms with van der Waals surface area (Å²) >= 11 is 8.71. The van der Waals surface area contributed by atoms with E-state index in [2.05, 4.69) is 5.32 Å². The summed E-state index contributed by atoms with van der Waals surface area (Å²) in [5.74, 6) is -1.28. The predicted molar refractivity (Wildman–Crippen MR) is 105 cm³/mol. The van der Waals surface area contributed by atoms with Crippen molar-refractivity contribution in [2.45, 2.75) is 25.1 Å². The number of carboxylic acid groups (broad SMARTS) is 1. The highest BCUT2D eigenvalue weighted by atomic mass is 35.5. The van der Waals surface area contributed by atoms with Crippen molar-refractivity contribution in [1.29, 1.82) is 0 Å². The summed E-state index contributed by atoms with van der Waals surface area (Å²) in [5.41, 5.74) is 0.903. The molecular weight excluding hydrogens is 394 g/mol. The van der Waals surface area contributed by atoms with Crippen molar-refractivity contribution in [2.75, 3.05) is 5.75 Å². The van der Waals surface area contributed by atoms with Gasteiger partial charge in [0.05, 0.1) is 23.1 Å². The van der Waals surface area contributed by atoms with Gasteiger partial charge >= 0.3 is 5.97 Å². The highest BCUT2D eigenvalue weighted by Crippen LogP contribution is 2.21. The molecule has 1 atom stereocenters. The molecule has 0 radical (unpaired) electrons. The first kappa shape index (κ1) is 20.5. The molecule has 0 fully saturated rings. The van der Waals surface area contributed by atoms with Crippen molar-refractivity contribution in [3.05, 3.63) is 56.7 Å². The Bertz CT molecular complexity index is 806. The minimum absolute atomic E-state index is 0.0902. The number of carboxylic acids is 1. The molecule has 0 aliphatic carbocycles. The van der Waals surface area contributed by atoms with Crippen LogP contribution < -0.4 is 5.32 Å². The summed E-state index contributed by atoms with van der Waals surface area (Å²) < 4.78 is 0. The number of hydrogen-bond donors (Lipinski definition) is 2. The maximum absolute atomic E-state index is 12.4. The molecule has 1 aromatic carbocycles. The lowest BCUT2D eigenvalue weighted by atomic mass is 10.1. The molecule has 2 N–H and O–H groups in total. The van der Waals surface area contributed by atoms with Crippen LogP contribution in [0.4, 0.5) is 0 Å². The molecule has 2 aromatic rings. The average molecular weight is 412 g/mol. The lowest BCUT2D eigenvalue weighted by Crippen LogP contribution is -2.43. The summed E-state index contributed by atoms with van der Waals surface area (Å²) in [6.45, 7) is 1.87. The second-order valence-electron chi connectivity index (χ2n) is 5.58. The molecule has 138 valence electrons. The maximum atomic E-state index is 12.4. The van der Waals surface area contributed by atoms with E-state index >= 15 is 0 Å². The van der Waals surface area contributed by atoms with Crippen LogP contribution in [0.5, 0.6) is 0 Å². The molecule has 1 heterocycles. The zero-order valence-electron chi connectivity index (χ0n) is 14.0. The van der Waals surface area contributed by atoms with Gasteiger partial charge in [-0.2, -0.15) is 0 Å². The van der Waals surface area contributed by atoms with Gasteiger partial charge in [-0.1, -0.05) is 29.8 Å². The van der Waals surface area contributed by atoms with E-state index in [0.717, 1.165) is 10.4 Å². The fourth-order valence-corrected chi connectivity index (χ4v) is 4.21. The smallest absolute Gasteiger partial charge is 0.305 e. The first-order chi connectivity index (χ1) is 12.4. The molecule has 0 aliphatic rings. The summed E-state index contributed by atoms with van der Waals surface area (Å²) in [7, 11) is 0. The first-order valence-electron chi connectivity index (χ1n) is 7.79. The zero-order chi connectivity index (χ0) is 19.1. The Hall–Kier alpha value is -1.83. The highest BCUT2D eigenvalue weighted by molar-refractivity contribution is 7.99. The number of aryl methyl sites for hydroxylation is 1. The molecule has 2 rings (SSSR count). The number of rotatable bonds is 9. The van der Waals surface area contributed by atoms with Crippen molar-refractivity contribution in [1.82, 2.24) is 5.32 Å². The number of amides is 1. The van der Waals surface area contributed by atoms with Crippen LogP contribution in [0.3, 0.4) is 0 Å². The Morgan fingerprint density at radius 3 is 2.58 bits per heavy atom. The van der Waals surface area contributed by atoms with Crippen molar-refractivity contribution >= 4 is 52.4 Å². The molecule has 26 heavy (non-hydrogen) atoms. The molecule has 0 aliphatic heterocycles. The van der Waals surface area contributed by atoms with Gasteiger partial charge in [0.15, 0.2) is 5.78 Å². The third-order valence-electron chi connectivity index (χ3n) is 3.50. The number of aliphatic carboxylic acids is 1. The number of thioether (sulfide) groups is 1. The van der Waals surface area contributed by atoms with Gasteiger partial charge in [0, 0.05) is 15.7 Å². The second kappa shape index (κ2) is 9.75. The Labute approximate surface area is 164 Å². The van der Waals surface area contributed by atoms with Crippen LogP contribution in [-0.2, 0) is 15.3 Å². The zero-order valence-corrected chi connectivity index (χ0v) is 16.4. The molecule has 0 bridgehead atoms. The van der Waals surface area contributed by atoms with E-state index in [1.54, 1.807) is 18.2 Å². The second-order valence-corrected chi connectivity index (χ2v) is 8.27. The number of nitrogens with one attached hydrogen (secondary N) is 1. The van der Waals surface area contributed by atoms with E-state index in [0.29, 0.717) is 15.7 Å². The highest BCUT2D eigenvalue weighted by Gasteiger charge is 2.24. The fraction of sp³-hybridized carbons (Fsp3) is 0.278. The lowest BCUT2D eigenvalue weighted by molar-refractivity contribution is -0.139. The van der Waals surface area contributed by atoms with Gasteiger partial charge in [-0.3, -0.25) is 14.4 Å². The van der Waals surface area contributed by atoms with Crippen LogP contribution >= 0.6 is 34.7 Å². The van der Waals surface area contributed by atoms with Gasteiger partial charge in [0.25, 0.3) is 5.91 Å². The Balaban J connectivity index is 1.94. The van der Waals surface area contributed by atoms with Crippen molar-refractivity contribution in [3.8, 4) is 0 Å². The number of ketones is 1. The van der Waals surface area contributed by atoms with Crippen LogP contribution in [0.15, 0.2) is 36.4 Å². The molecule has 5 nitrogen and oxygen atoms in total. The van der Waals surface area contributed by atoms with E-state index < -0.39 is 24.3 Å². The SMILES string of the molecule is Cc1ccc(C(=O)NC(CC(=O)O)C(=O)CSCc2ccccc2Cl)s1. The van der Waals surface area contributed by atoms with Crippen LogP contribution in [0.25, 0.3) is 0 Å². The monoisotopic (exact) mass is 411 g/mol. The number of halogens is 1. The molecule has 0 saturated heterocycles. The number of thiophene rings is 1. The van der Waals surface area contributed by atoms with Gasteiger partial charge in [-0.05, 0) is 30.7 Å². The Morgan fingerprint density at radius 1 is 1.23 bits per heavy atom. The summed E-state index contributed by atoms with van der Waals surface area (Å²) in [6.07, 6.45) is -0.443. The normalized spacial score (nSPS) is 11.8. The molecule has 0 spiro atoms. The van der Waals surface area contributed by atoms with Crippen LogP contribution in [-0.4, -0.2) is 34.6 Å². The van der Waals surface area contributed by atoms with E-state index in [1.165, 1.54) is 23.1 Å². The van der Waals surface area contributed by atoms with Gasteiger partial charge in [-0.25, -0.2) is 0 Å². The minimum Gasteiger partial charge on any atom is -0.481 e. The predicted octanol–water partition coefficient (Wildman–Crippen LogP) is 3.79. The summed E-state index contributed by atoms with van der Waals surface area (Å²) in [5, 5.41) is 12.2. The van der Waals surface area contributed by atoms with Crippen molar-refractivity contribution in [2.24, 2.45) is 0 Å². The van der Waals surface area contributed by atoms with E-state index in [4.69, 9.17) is 16.7 Å². The fourth-order valence-electron chi connectivity index (χ4n) is 2.18. The van der Waals surface area contributed by atoms with Gasteiger partial charge in [0.2, 0.25) is 0 Å². The van der Waals surface area contributed by atoms with Crippen molar-refractivity contribution < 1.29 is 19.5 Å². The lowest BCUT2D eigenvalue weighted by Gasteiger charge is -2.15. The summed E-state index contributed by atoms with van der Waals surface area (Å²) in [6, 6.07) is 9.73. The minimum atomic E-state index is -1.14. The summed E-state index contributed by atoms with van der Waals surface area (Å²) in [4.78, 5) is 37.1. The number of Topliss-reactive ketones (excluding diaryl/α,β-unsaturated/α-hetero) is 1. The van der Waals surface area contributed by atoms with Crippen molar-refractivity contribution in [3.63, 3.8) is 0 Å². The Morgan fingerprint density at radius 2 is 1.96 bits per heavy atom. The van der Waals surface area contributed by atoms with Gasteiger partial charge in [-0.15, -0.1) is 23.1 Å². The standard InChI is InChI=1S/C18H18ClNO4S2/c1-11-6-7-16(26-11)18(24)20-14(8-17(22)23)15(21)10-25-9-12-4-2-3-5-13(12)19/h2-7,14H,8-10H2,1H3,(H,20,24)(H,22,23). The quantitative estimate of drug-likeness (QED) is 0.656. The largest absolute Gasteiger partial charge is 0.481 e. The average Bonchev–Trinajstić information content (AvgIpc) is 3.02. The number of carbonyl (C=O) groups is 3. The number of hydrogen-bond acceptors (Lipinski definition) is 5. The van der Waals surface area contributed by atoms with E-state index in [1.807, 2.05) is 25.1 Å². The van der Waals surface area contributed by atoms with E-state index in [9.17, 15) is 14.4 Å². The third-order valence-corrected chi connectivity index (χ3v) is 5.87. The molecule has 8 heteroatoms. The van der Waals surface area contributed by atoms with Crippen LogP contribution in [0.2, 0.25) is 5.02 Å². The molecular formula is C18H18ClNO4S2. The molecule has 1 unspecified atom stereocenters. The number of carbonyl (C=O) groups excluding carboxylic acids is 2. The molecule has 0 saturated carbocycles. The van der Waals surface area contributed by atoms with Gasteiger partial charge < -0.3 is 10.4 Å². The topological polar surface area (TPSA) is 83.5 Å². The maximum Gasteiger partial charge on any atom is 0.305 e. The van der Waals surface area contributed by atoms with Gasteiger partial charge in [0.1, 0.15) is 0 Å². The van der Waals surface area contributed by atoms with Crippen LogP contribution in [0.1, 0.15) is 26.5 Å². The third kappa shape index (κ3) is 6.16. The first-order valence-corrected chi connectivity index (χ1v) is 10.1. The van der Waals surface area contributed by atoms with E-state index in [-0.39, 0.29) is 11.5 Å². The Kier molecular flexibility index (Phi) is 7.68. The molecule has 1 amide bonds. The van der Waals surface area contributed by atoms with Crippen LogP contribution in [0, 0.1) is 6.92 Å². The molecule has 1 aromatic heterocycles. The number of benzene rings is 1.